The molecule has 2 N–H and O–H groups in total. The van der Waals surface area contributed by atoms with Crippen LogP contribution in [-0.2, 0) is 9.53 Å². The Bertz CT molecular complexity index is 761. The van der Waals surface area contributed by atoms with Crippen molar-refractivity contribution in [3.63, 3.8) is 0 Å². The molecule has 0 aromatic carbocycles. The van der Waals surface area contributed by atoms with E-state index < -0.39 is 5.41 Å². The van der Waals surface area contributed by atoms with Crippen LogP contribution < -0.4 is 10.6 Å². The fraction of sp³-hybridized carbons (Fsp3) is 0.588. The lowest BCUT2D eigenvalue weighted by Gasteiger charge is -2.42. The maximum Gasteiger partial charge on any atom is 0.230 e. The van der Waals surface area contributed by atoms with Crippen molar-refractivity contribution in [3.8, 4) is 0 Å². The Labute approximate surface area is 175 Å². The third kappa shape index (κ3) is 4.14. The maximum atomic E-state index is 13.1. The van der Waals surface area contributed by atoms with Crippen molar-refractivity contribution in [2.45, 2.75) is 12.8 Å². The summed E-state index contributed by atoms with van der Waals surface area (Å²) in [4.78, 5) is 27.1. The van der Waals surface area contributed by atoms with E-state index in [4.69, 9.17) is 10.5 Å². The number of aromatic nitrogens is 2. The molecule has 7 nitrogen and oxygen atoms in total. The van der Waals surface area contributed by atoms with Gasteiger partial charge < -0.3 is 20.3 Å². The van der Waals surface area contributed by atoms with Crippen LogP contribution in [0.4, 0.5) is 5.82 Å². The Morgan fingerprint density at radius 3 is 2.56 bits per heavy atom. The summed E-state index contributed by atoms with van der Waals surface area (Å²) in [5, 5.41) is 3.13. The molecule has 4 heterocycles. The molecule has 0 aliphatic carbocycles. The second kappa shape index (κ2) is 9.34. The number of halogens is 2. The molecular formula is C17H25Cl2N5O2S. The van der Waals surface area contributed by atoms with Gasteiger partial charge in [-0.15, -0.1) is 36.2 Å². The minimum absolute atomic E-state index is 0. The molecule has 2 saturated heterocycles. The Hall–Kier alpha value is -1.19. The summed E-state index contributed by atoms with van der Waals surface area (Å²) in [6, 6.07) is 2.07. The third-order valence-electron chi connectivity index (χ3n) is 5.40. The quantitative estimate of drug-likeness (QED) is 0.795. The number of rotatable bonds is 3. The number of thiophene rings is 1. The van der Waals surface area contributed by atoms with Gasteiger partial charge in [-0.05, 0) is 24.3 Å². The molecule has 27 heavy (non-hydrogen) atoms. The third-order valence-corrected chi connectivity index (χ3v) is 6.22. The molecule has 2 aliphatic heterocycles. The summed E-state index contributed by atoms with van der Waals surface area (Å²) in [6.07, 6.45) is 3.07. The van der Waals surface area contributed by atoms with E-state index in [0.717, 1.165) is 42.0 Å². The predicted molar refractivity (Wildman–Crippen MR) is 112 cm³/mol. The first-order chi connectivity index (χ1) is 12.2. The zero-order chi connectivity index (χ0) is 17.3. The smallest absolute Gasteiger partial charge is 0.230 e. The monoisotopic (exact) mass is 433 g/mol. The van der Waals surface area contributed by atoms with Crippen LogP contribution in [0.2, 0.25) is 0 Å². The van der Waals surface area contributed by atoms with Crippen molar-refractivity contribution in [2.75, 3.05) is 50.8 Å². The topological polar surface area (TPSA) is 84.6 Å². The van der Waals surface area contributed by atoms with Crippen molar-refractivity contribution in [3.05, 3.63) is 17.8 Å². The second-order valence-electron chi connectivity index (χ2n) is 6.71. The summed E-state index contributed by atoms with van der Waals surface area (Å²) < 4.78 is 5.42. The Morgan fingerprint density at radius 1 is 1.19 bits per heavy atom. The van der Waals surface area contributed by atoms with Gasteiger partial charge in [0, 0.05) is 45.9 Å². The SMILES string of the molecule is Cl.Cl.NCC1(C(=O)N2CCN(c3ncnc4sccc34)CC2)CCOCC1. The van der Waals surface area contributed by atoms with Crippen molar-refractivity contribution in [1.29, 1.82) is 0 Å². The van der Waals surface area contributed by atoms with Crippen molar-refractivity contribution in [2.24, 2.45) is 11.1 Å². The molecule has 0 spiro atoms. The first-order valence-corrected chi connectivity index (χ1v) is 9.62. The van der Waals surface area contributed by atoms with Gasteiger partial charge in [0.25, 0.3) is 0 Å². The molecule has 2 aromatic rings. The highest BCUT2D eigenvalue weighted by molar-refractivity contribution is 7.16. The minimum atomic E-state index is -0.435. The zero-order valence-electron chi connectivity index (χ0n) is 15.0. The summed E-state index contributed by atoms with van der Waals surface area (Å²) in [5.74, 6) is 1.17. The minimum Gasteiger partial charge on any atom is -0.381 e. The van der Waals surface area contributed by atoms with Crippen molar-refractivity contribution >= 4 is 58.1 Å². The summed E-state index contributed by atoms with van der Waals surface area (Å²) in [5.41, 5.74) is 5.55. The molecule has 0 radical (unpaired) electrons. The Balaban J connectivity index is 0.00000131. The van der Waals surface area contributed by atoms with E-state index in [2.05, 4.69) is 20.9 Å². The average Bonchev–Trinajstić information content (AvgIpc) is 3.17. The number of fused-ring (bicyclic) bond motifs is 1. The molecule has 0 unspecified atom stereocenters. The maximum absolute atomic E-state index is 13.1. The number of hydrogen-bond donors (Lipinski definition) is 1. The summed E-state index contributed by atoms with van der Waals surface area (Å²) >= 11 is 1.62. The highest BCUT2D eigenvalue weighted by Gasteiger charge is 2.42. The van der Waals surface area contributed by atoms with E-state index in [9.17, 15) is 4.79 Å². The van der Waals surface area contributed by atoms with E-state index in [0.29, 0.717) is 32.8 Å². The number of piperazine rings is 1. The molecule has 1 amide bonds. The predicted octanol–water partition coefficient (Wildman–Crippen LogP) is 1.94. The van der Waals surface area contributed by atoms with Crippen LogP contribution in [0.25, 0.3) is 10.2 Å². The van der Waals surface area contributed by atoms with Crippen molar-refractivity contribution < 1.29 is 9.53 Å². The molecule has 4 rings (SSSR count). The number of nitrogens with two attached hydrogens (primary N) is 1. The van der Waals surface area contributed by atoms with Gasteiger partial charge in [0.1, 0.15) is 17.0 Å². The molecule has 150 valence electrons. The number of amides is 1. The van der Waals surface area contributed by atoms with Crippen LogP contribution in [-0.4, -0.2) is 66.7 Å². The molecule has 2 aliphatic rings. The van der Waals surface area contributed by atoms with E-state index in [1.54, 1.807) is 17.7 Å². The fourth-order valence-corrected chi connectivity index (χ4v) is 4.48. The van der Waals surface area contributed by atoms with Gasteiger partial charge in [0.05, 0.1) is 10.8 Å². The molecule has 0 bridgehead atoms. The highest BCUT2D eigenvalue weighted by atomic mass is 35.5. The molecule has 2 fully saturated rings. The van der Waals surface area contributed by atoms with Crippen molar-refractivity contribution in [1.82, 2.24) is 14.9 Å². The number of nitrogens with zero attached hydrogens (tertiary/aromatic N) is 4. The van der Waals surface area contributed by atoms with Crippen LogP contribution in [0.15, 0.2) is 17.8 Å². The number of carbonyl (C=O) groups is 1. The lowest BCUT2D eigenvalue weighted by molar-refractivity contribution is -0.147. The second-order valence-corrected chi connectivity index (χ2v) is 7.61. The van der Waals surface area contributed by atoms with Crippen LogP contribution in [0.1, 0.15) is 12.8 Å². The van der Waals surface area contributed by atoms with Crippen LogP contribution in [0.3, 0.4) is 0 Å². The normalized spacial score (nSPS) is 19.3. The van der Waals surface area contributed by atoms with E-state index in [-0.39, 0.29) is 30.7 Å². The van der Waals surface area contributed by atoms with Gasteiger partial charge in [-0.25, -0.2) is 9.97 Å². The molecule has 0 saturated carbocycles. The summed E-state index contributed by atoms with van der Waals surface area (Å²) in [7, 11) is 0. The highest BCUT2D eigenvalue weighted by Crippen LogP contribution is 2.33. The van der Waals surface area contributed by atoms with Gasteiger partial charge in [0.2, 0.25) is 5.91 Å². The van der Waals surface area contributed by atoms with Gasteiger partial charge in [-0.2, -0.15) is 0 Å². The van der Waals surface area contributed by atoms with Gasteiger partial charge in [-0.3, -0.25) is 4.79 Å². The summed E-state index contributed by atoms with van der Waals surface area (Å²) in [6.45, 7) is 4.63. The molecule has 2 aromatic heterocycles. The standard InChI is InChI=1S/C17H23N5O2S.2ClH/c18-11-17(2-8-24-9-3-17)16(23)22-6-4-21(5-7-22)14-13-1-10-25-15(13)20-12-19-14;;/h1,10,12H,2-9,11,18H2;2*1H. The van der Waals surface area contributed by atoms with E-state index >= 15 is 0 Å². The van der Waals surface area contributed by atoms with Crippen LogP contribution in [0, 0.1) is 5.41 Å². The van der Waals surface area contributed by atoms with Crippen LogP contribution >= 0.6 is 36.2 Å². The lowest BCUT2D eigenvalue weighted by atomic mass is 9.78. The van der Waals surface area contributed by atoms with Gasteiger partial charge in [-0.1, -0.05) is 0 Å². The number of anilines is 1. The lowest BCUT2D eigenvalue weighted by Crippen LogP contribution is -2.56. The largest absolute Gasteiger partial charge is 0.381 e. The Kier molecular flexibility index (Phi) is 7.64. The fourth-order valence-electron chi connectivity index (χ4n) is 3.75. The van der Waals surface area contributed by atoms with E-state index in [1.807, 2.05) is 10.3 Å². The molecule has 0 atom stereocenters. The number of ether oxygens (including phenoxy) is 1. The van der Waals surface area contributed by atoms with Crippen LogP contribution in [0.5, 0.6) is 0 Å². The molecular weight excluding hydrogens is 409 g/mol. The molecule has 10 heteroatoms. The zero-order valence-corrected chi connectivity index (χ0v) is 17.5. The van der Waals surface area contributed by atoms with Gasteiger partial charge >= 0.3 is 0 Å². The van der Waals surface area contributed by atoms with E-state index in [1.165, 1.54) is 0 Å². The average molecular weight is 434 g/mol. The first-order valence-electron chi connectivity index (χ1n) is 8.74. The Morgan fingerprint density at radius 2 is 1.89 bits per heavy atom. The first kappa shape index (κ1) is 22.1. The number of hydrogen-bond acceptors (Lipinski definition) is 7. The van der Waals surface area contributed by atoms with Gasteiger partial charge in [0.15, 0.2) is 0 Å². The number of carbonyl (C=O) groups excluding carboxylic acids is 1.